The van der Waals surface area contributed by atoms with Gasteiger partial charge >= 0.3 is 0 Å². The monoisotopic (exact) mass is 401 g/mol. The van der Waals surface area contributed by atoms with Crippen LogP contribution in [0.3, 0.4) is 0 Å². The number of rotatable bonds is 3. The summed E-state index contributed by atoms with van der Waals surface area (Å²) in [5.41, 5.74) is 3.47. The maximum atomic E-state index is 13.3. The lowest BCUT2D eigenvalue weighted by Crippen LogP contribution is -2.29. The summed E-state index contributed by atoms with van der Waals surface area (Å²) >= 11 is 0. The lowest BCUT2D eigenvalue weighted by atomic mass is 9.92. The zero-order chi connectivity index (χ0) is 21.4. The number of halogens is 1. The Morgan fingerprint density at radius 2 is 1.53 bits per heavy atom. The van der Waals surface area contributed by atoms with Crippen LogP contribution in [0.1, 0.15) is 28.3 Å². The fourth-order valence-corrected chi connectivity index (χ4v) is 3.76. The van der Waals surface area contributed by atoms with Crippen molar-refractivity contribution in [3.05, 3.63) is 106 Å². The number of carbonyl (C=O) groups excluding carboxylic acids is 2. The Balaban J connectivity index is 1.96. The van der Waals surface area contributed by atoms with Crippen molar-refractivity contribution in [2.45, 2.75) is 19.9 Å². The highest BCUT2D eigenvalue weighted by Crippen LogP contribution is 2.43. The van der Waals surface area contributed by atoms with Crippen molar-refractivity contribution >= 4 is 23.1 Å². The largest absolute Gasteiger partial charge is 0.507 e. The molecule has 1 atom stereocenters. The van der Waals surface area contributed by atoms with Crippen LogP contribution in [0.5, 0.6) is 0 Å². The average molecular weight is 401 g/mol. The van der Waals surface area contributed by atoms with Gasteiger partial charge < -0.3 is 5.11 Å². The first kappa shape index (κ1) is 19.6. The average Bonchev–Trinajstić information content (AvgIpc) is 3.00. The van der Waals surface area contributed by atoms with Crippen LogP contribution >= 0.6 is 0 Å². The number of hydrogen-bond donors (Lipinski definition) is 1. The van der Waals surface area contributed by atoms with Crippen molar-refractivity contribution in [2.75, 3.05) is 4.90 Å². The summed E-state index contributed by atoms with van der Waals surface area (Å²) in [5, 5.41) is 11.0. The molecule has 3 aromatic rings. The van der Waals surface area contributed by atoms with Gasteiger partial charge in [-0.25, -0.2) is 4.39 Å². The Kier molecular flexibility index (Phi) is 4.96. The van der Waals surface area contributed by atoms with Gasteiger partial charge in [-0.1, -0.05) is 42.0 Å². The van der Waals surface area contributed by atoms with Crippen LogP contribution in [-0.2, 0) is 9.59 Å². The number of amides is 1. The fraction of sp³-hybridized carbons (Fsp3) is 0.120. The van der Waals surface area contributed by atoms with Gasteiger partial charge in [-0.15, -0.1) is 0 Å². The molecule has 4 nitrogen and oxygen atoms in total. The molecular formula is C25H20FNO3. The second-order valence-electron chi connectivity index (χ2n) is 7.37. The summed E-state index contributed by atoms with van der Waals surface area (Å²) in [5.74, 6) is -2.26. The molecule has 1 N–H and O–H groups in total. The van der Waals surface area contributed by atoms with Gasteiger partial charge in [0.2, 0.25) is 0 Å². The van der Waals surface area contributed by atoms with Gasteiger partial charge in [0.25, 0.3) is 11.7 Å². The van der Waals surface area contributed by atoms with E-state index in [2.05, 4.69) is 0 Å². The minimum absolute atomic E-state index is 0.0125. The van der Waals surface area contributed by atoms with Crippen molar-refractivity contribution in [2.24, 2.45) is 0 Å². The molecule has 1 aliphatic heterocycles. The molecule has 5 heteroatoms. The molecule has 0 spiro atoms. The van der Waals surface area contributed by atoms with Crippen molar-refractivity contribution < 1.29 is 19.1 Å². The normalized spacial score (nSPS) is 18.1. The summed E-state index contributed by atoms with van der Waals surface area (Å²) < 4.78 is 13.3. The zero-order valence-corrected chi connectivity index (χ0v) is 16.6. The summed E-state index contributed by atoms with van der Waals surface area (Å²) in [7, 11) is 0. The highest BCUT2D eigenvalue weighted by atomic mass is 19.1. The Bertz CT molecular complexity index is 1160. The first-order valence-electron chi connectivity index (χ1n) is 9.57. The van der Waals surface area contributed by atoms with E-state index < -0.39 is 23.5 Å². The van der Waals surface area contributed by atoms with Crippen LogP contribution in [0.4, 0.5) is 10.1 Å². The molecule has 30 heavy (non-hydrogen) atoms. The van der Waals surface area contributed by atoms with E-state index in [1.807, 2.05) is 50.2 Å². The van der Waals surface area contributed by atoms with Crippen molar-refractivity contribution in [1.82, 2.24) is 0 Å². The summed E-state index contributed by atoms with van der Waals surface area (Å²) in [4.78, 5) is 27.5. The predicted molar refractivity (Wildman–Crippen MR) is 114 cm³/mol. The molecule has 1 aliphatic rings. The number of ketones is 1. The number of aliphatic hydroxyl groups is 1. The predicted octanol–water partition coefficient (Wildman–Crippen LogP) is 5.07. The van der Waals surface area contributed by atoms with Crippen LogP contribution < -0.4 is 4.90 Å². The van der Waals surface area contributed by atoms with Crippen LogP contribution in [0.25, 0.3) is 5.76 Å². The zero-order valence-electron chi connectivity index (χ0n) is 16.6. The van der Waals surface area contributed by atoms with E-state index in [0.29, 0.717) is 5.69 Å². The lowest BCUT2D eigenvalue weighted by Gasteiger charge is -2.26. The highest BCUT2D eigenvalue weighted by molar-refractivity contribution is 6.51. The van der Waals surface area contributed by atoms with Gasteiger partial charge in [-0.05, 0) is 61.4 Å². The van der Waals surface area contributed by atoms with Gasteiger partial charge in [0.1, 0.15) is 11.6 Å². The molecule has 0 aliphatic carbocycles. The second-order valence-corrected chi connectivity index (χ2v) is 7.37. The third kappa shape index (κ3) is 3.28. The summed E-state index contributed by atoms with van der Waals surface area (Å²) in [6.45, 7) is 3.83. The lowest BCUT2D eigenvalue weighted by molar-refractivity contribution is -0.132. The smallest absolute Gasteiger partial charge is 0.300 e. The molecule has 0 aromatic heterocycles. The quantitative estimate of drug-likeness (QED) is 0.379. The van der Waals surface area contributed by atoms with Gasteiger partial charge in [0.05, 0.1) is 11.6 Å². The number of aliphatic hydroxyl groups excluding tert-OH is 1. The number of aryl methyl sites for hydroxylation is 2. The van der Waals surface area contributed by atoms with Gasteiger partial charge in [-0.2, -0.15) is 0 Å². The van der Waals surface area contributed by atoms with Crippen LogP contribution in [0, 0.1) is 19.7 Å². The molecule has 0 radical (unpaired) electrons. The fourth-order valence-electron chi connectivity index (χ4n) is 3.76. The number of Topliss-reactive ketones (excluding diaryl/α,β-unsaturated/α-hetero) is 1. The molecule has 4 rings (SSSR count). The molecule has 1 unspecified atom stereocenters. The Labute approximate surface area is 173 Å². The van der Waals surface area contributed by atoms with Crippen LogP contribution in [-0.4, -0.2) is 16.8 Å². The topological polar surface area (TPSA) is 57.6 Å². The highest BCUT2D eigenvalue weighted by Gasteiger charge is 2.47. The van der Waals surface area contributed by atoms with E-state index in [1.165, 1.54) is 29.2 Å². The van der Waals surface area contributed by atoms with E-state index in [9.17, 15) is 19.1 Å². The molecule has 1 heterocycles. The molecule has 0 bridgehead atoms. The van der Waals surface area contributed by atoms with Crippen molar-refractivity contribution in [3.63, 3.8) is 0 Å². The van der Waals surface area contributed by atoms with E-state index in [1.54, 1.807) is 12.1 Å². The van der Waals surface area contributed by atoms with Crippen LogP contribution in [0.2, 0.25) is 0 Å². The summed E-state index contributed by atoms with van der Waals surface area (Å²) in [6, 6.07) is 19.1. The van der Waals surface area contributed by atoms with E-state index in [0.717, 1.165) is 16.7 Å². The SMILES string of the molecule is Cc1ccc(N2C(=O)C(=O)/C(=C(\O)c3ccc(F)cc3)C2c2ccccc2C)cc1. The number of anilines is 1. The third-order valence-corrected chi connectivity index (χ3v) is 5.36. The van der Waals surface area contributed by atoms with Crippen molar-refractivity contribution in [3.8, 4) is 0 Å². The van der Waals surface area contributed by atoms with Gasteiger partial charge in [0.15, 0.2) is 0 Å². The maximum absolute atomic E-state index is 13.3. The van der Waals surface area contributed by atoms with Gasteiger partial charge in [-0.3, -0.25) is 14.5 Å². The number of nitrogens with zero attached hydrogens (tertiary/aromatic N) is 1. The first-order valence-corrected chi connectivity index (χ1v) is 9.57. The Morgan fingerprint density at radius 3 is 2.17 bits per heavy atom. The number of benzene rings is 3. The number of carbonyl (C=O) groups is 2. The van der Waals surface area contributed by atoms with Crippen molar-refractivity contribution in [1.29, 1.82) is 0 Å². The Morgan fingerprint density at radius 1 is 0.900 bits per heavy atom. The standard InChI is InChI=1S/C25H20FNO3/c1-15-7-13-19(14-8-15)27-22(20-6-4-3-5-16(20)2)21(24(29)25(27)30)23(28)17-9-11-18(26)12-10-17/h3-14,22,28H,1-2H3/b23-21-. The van der Waals surface area contributed by atoms with E-state index >= 15 is 0 Å². The molecular weight excluding hydrogens is 381 g/mol. The second kappa shape index (κ2) is 7.59. The third-order valence-electron chi connectivity index (χ3n) is 5.36. The summed E-state index contributed by atoms with van der Waals surface area (Å²) in [6.07, 6.45) is 0. The molecule has 1 amide bonds. The minimum atomic E-state index is -0.793. The number of hydrogen-bond acceptors (Lipinski definition) is 3. The Hall–Kier alpha value is -3.73. The van der Waals surface area contributed by atoms with E-state index in [4.69, 9.17) is 0 Å². The van der Waals surface area contributed by atoms with E-state index in [-0.39, 0.29) is 16.9 Å². The molecule has 0 saturated carbocycles. The first-order chi connectivity index (χ1) is 14.4. The van der Waals surface area contributed by atoms with Crippen LogP contribution in [0.15, 0.2) is 78.4 Å². The molecule has 150 valence electrons. The maximum Gasteiger partial charge on any atom is 0.300 e. The molecule has 1 saturated heterocycles. The molecule has 1 fully saturated rings. The van der Waals surface area contributed by atoms with Gasteiger partial charge in [0, 0.05) is 11.3 Å². The minimum Gasteiger partial charge on any atom is -0.507 e. The molecule has 3 aromatic carbocycles.